The molecular weight excluding hydrogens is 419 g/mol. The van der Waals surface area contributed by atoms with Crippen LogP contribution in [-0.2, 0) is 0 Å². The number of aliphatic imine (C=N–C) groups is 1. The molecule has 0 aromatic heterocycles. The van der Waals surface area contributed by atoms with Gasteiger partial charge in [0.05, 0.1) is 0 Å². The summed E-state index contributed by atoms with van der Waals surface area (Å²) in [4.78, 5) is 7.99. The number of benzene rings is 1. The molecule has 0 fully saturated rings. The van der Waals surface area contributed by atoms with E-state index in [1.807, 2.05) is 18.8 Å². The second-order valence-electron chi connectivity index (χ2n) is 5.15. The Hall–Kier alpha value is -0.470. The van der Waals surface area contributed by atoms with E-state index >= 15 is 0 Å². The summed E-state index contributed by atoms with van der Waals surface area (Å²) in [5, 5.41) is 7.26. The maximum absolute atomic E-state index is 4.28. The van der Waals surface area contributed by atoms with Crippen LogP contribution in [0.15, 0.2) is 40.2 Å². The topological polar surface area (TPSA) is 39.7 Å². The molecule has 0 aliphatic heterocycles. The molecule has 1 rings (SSSR count). The summed E-state index contributed by atoms with van der Waals surface area (Å²) in [5.74, 6) is 0.882. The molecule has 4 nitrogen and oxygen atoms in total. The Balaban J connectivity index is 0.00000484. The highest BCUT2D eigenvalue weighted by atomic mass is 127. The molecule has 23 heavy (non-hydrogen) atoms. The van der Waals surface area contributed by atoms with Gasteiger partial charge in [-0.1, -0.05) is 39.0 Å². The Morgan fingerprint density at radius 2 is 1.83 bits per heavy atom. The number of rotatable bonds is 9. The monoisotopic (exact) mass is 450 g/mol. The molecule has 0 radical (unpaired) electrons. The number of likely N-dealkylation sites (N-methyl/N-ethyl adjacent to an activating group) is 1. The number of hydrogen-bond donors (Lipinski definition) is 2. The number of thioether (sulfide) groups is 1. The van der Waals surface area contributed by atoms with Gasteiger partial charge in [-0.25, -0.2) is 0 Å². The fourth-order valence-corrected chi connectivity index (χ4v) is 3.05. The third kappa shape index (κ3) is 10.1. The summed E-state index contributed by atoms with van der Waals surface area (Å²) in [6.07, 6.45) is 0. The van der Waals surface area contributed by atoms with Crippen LogP contribution in [0.5, 0.6) is 0 Å². The van der Waals surface area contributed by atoms with E-state index in [0.29, 0.717) is 5.25 Å². The van der Waals surface area contributed by atoms with Crippen LogP contribution >= 0.6 is 35.7 Å². The molecule has 6 heteroatoms. The summed E-state index contributed by atoms with van der Waals surface area (Å²) in [6, 6.07) is 10.5. The van der Waals surface area contributed by atoms with E-state index in [-0.39, 0.29) is 24.0 Å². The highest BCUT2D eigenvalue weighted by molar-refractivity contribution is 14.0. The largest absolute Gasteiger partial charge is 0.355 e. The maximum atomic E-state index is 4.28. The van der Waals surface area contributed by atoms with Crippen molar-refractivity contribution in [3.63, 3.8) is 0 Å². The molecule has 0 aliphatic rings. The molecule has 0 heterocycles. The van der Waals surface area contributed by atoms with Crippen LogP contribution in [0.2, 0.25) is 0 Å². The molecule has 0 saturated carbocycles. The maximum Gasteiger partial charge on any atom is 0.191 e. The van der Waals surface area contributed by atoms with Crippen molar-refractivity contribution in [2.45, 2.75) is 30.9 Å². The zero-order chi connectivity index (χ0) is 16.2. The number of nitrogens with one attached hydrogen (secondary N) is 2. The van der Waals surface area contributed by atoms with Gasteiger partial charge in [0.15, 0.2) is 5.96 Å². The fourth-order valence-electron chi connectivity index (χ4n) is 2.11. The standard InChI is InChI=1S/C17H30N4S.HI/c1-5-21(6-2)13-12-19-17(18-4)20-14-15(3)22-16-10-8-7-9-11-16;/h7-11,15H,5-6,12-14H2,1-4H3,(H2,18,19,20);1H. The second kappa shape index (κ2) is 13.9. The average molecular weight is 450 g/mol. The van der Waals surface area contributed by atoms with Crippen molar-refractivity contribution in [1.29, 1.82) is 0 Å². The first-order chi connectivity index (χ1) is 10.7. The molecule has 0 spiro atoms. The van der Waals surface area contributed by atoms with Crippen molar-refractivity contribution in [1.82, 2.24) is 15.5 Å². The molecule has 0 saturated heterocycles. The molecule has 0 amide bonds. The smallest absolute Gasteiger partial charge is 0.191 e. The average Bonchev–Trinajstić information content (AvgIpc) is 2.55. The quantitative estimate of drug-likeness (QED) is 0.262. The van der Waals surface area contributed by atoms with E-state index in [9.17, 15) is 0 Å². The van der Waals surface area contributed by atoms with Gasteiger partial charge >= 0.3 is 0 Å². The number of nitrogens with zero attached hydrogens (tertiary/aromatic N) is 2. The van der Waals surface area contributed by atoms with Crippen LogP contribution < -0.4 is 10.6 Å². The molecule has 1 unspecified atom stereocenters. The lowest BCUT2D eigenvalue weighted by molar-refractivity contribution is 0.308. The lowest BCUT2D eigenvalue weighted by Gasteiger charge is -2.20. The Labute approximate surface area is 162 Å². The first-order valence-electron chi connectivity index (χ1n) is 8.08. The molecule has 1 atom stereocenters. The number of hydrogen-bond acceptors (Lipinski definition) is 3. The number of guanidine groups is 1. The minimum Gasteiger partial charge on any atom is -0.355 e. The molecule has 0 bridgehead atoms. The van der Waals surface area contributed by atoms with Gasteiger partial charge in [-0.15, -0.1) is 35.7 Å². The molecule has 1 aromatic rings. The van der Waals surface area contributed by atoms with Gasteiger partial charge in [-0.05, 0) is 25.2 Å². The summed E-state index contributed by atoms with van der Waals surface area (Å²) in [7, 11) is 1.82. The molecule has 2 N–H and O–H groups in total. The van der Waals surface area contributed by atoms with Gasteiger partial charge < -0.3 is 15.5 Å². The van der Waals surface area contributed by atoms with Gasteiger partial charge in [0.2, 0.25) is 0 Å². The zero-order valence-corrected chi connectivity index (χ0v) is 17.9. The van der Waals surface area contributed by atoms with E-state index in [1.54, 1.807) is 0 Å². The predicted octanol–water partition coefficient (Wildman–Crippen LogP) is 3.29. The van der Waals surface area contributed by atoms with Crippen LogP contribution in [0, 0.1) is 0 Å². The Morgan fingerprint density at radius 3 is 2.39 bits per heavy atom. The Bertz CT molecular complexity index is 424. The van der Waals surface area contributed by atoms with Crippen molar-refractivity contribution in [3.8, 4) is 0 Å². The van der Waals surface area contributed by atoms with Gasteiger partial charge in [0, 0.05) is 36.8 Å². The van der Waals surface area contributed by atoms with Crippen LogP contribution in [0.3, 0.4) is 0 Å². The first-order valence-corrected chi connectivity index (χ1v) is 8.96. The summed E-state index contributed by atoms with van der Waals surface area (Å²) in [5.41, 5.74) is 0. The van der Waals surface area contributed by atoms with E-state index < -0.39 is 0 Å². The molecule has 1 aromatic carbocycles. The van der Waals surface area contributed by atoms with E-state index in [0.717, 1.165) is 38.7 Å². The van der Waals surface area contributed by atoms with Crippen molar-refractivity contribution in [2.24, 2.45) is 4.99 Å². The van der Waals surface area contributed by atoms with Crippen LogP contribution in [-0.4, -0.2) is 55.9 Å². The van der Waals surface area contributed by atoms with Crippen molar-refractivity contribution in [2.75, 3.05) is 39.8 Å². The highest BCUT2D eigenvalue weighted by Gasteiger charge is 2.06. The molecule has 132 valence electrons. The lowest BCUT2D eigenvalue weighted by Crippen LogP contribution is -2.43. The summed E-state index contributed by atoms with van der Waals surface area (Å²) in [6.45, 7) is 11.7. The second-order valence-corrected chi connectivity index (χ2v) is 6.66. The molecule has 0 aliphatic carbocycles. The van der Waals surface area contributed by atoms with Crippen LogP contribution in [0.1, 0.15) is 20.8 Å². The third-order valence-electron chi connectivity index (χ3n) is 3.48. The van der Waals surface area contributed by atoms with Gasteiger partial charge in [-0.2, -0.15) is 0 Å². The van der Waals surface area contributed by atoms with Crippen LogP contribution in [0.25, 0.3) is 0 Å². The minimum atomic E-state index is 0. The highest BCUT2D eigenvalue weighted by Crippen LogP contribution is 2.21. The Morgan fingerprint density at radius 1 is 1.17 bits per heavy atom. The fraction of sp³-hybridized carbons (Fsp3) is 0.588. The van der Waals surface area contributed by atoms with Gasteiger partial charge in [0.1, 0.15) is 0 Å². The summed E-state index contributed by atoms with van der Waals surface area (Å²) < 4.78 is 0. The first kappa shape index (κ1) is 22.5. The SMILES string of the molecule is CCN(CC)CCNC(=NC)NCC(C)Sc1ccccc1.I. The lowest BCUT2D eigenvalue weighted by atomic mass is 10.4. The van der Waals surface area contributed by atoms with Crippen molar-refractivity contribution < 1.29 is 0 Å². The number of halogens is 1. The molecular formula is C17H31IN4S. The normalized spacial score (nSPS) is 12.7. The van der Waals surface area contributed by atoms with E-state index in [4.69, 9.17) is 0 Å². The predicted molar refractivity (Wildman–Crippen MR) is 114 cm³/mol. The van der Waals surface area contributed by atoms with E-state index in [2.05, 4.69) is 71.6 Å². The van der Waals surface area contributed by atoms with Gasteiger partial charge in [-0.3, -0.25) is 4.99 Å². The van der Waals surface area contributed by atoms with Crippen LogP contribution in [0.4, 0.5) is 0 Å². The minimum absolute atomic E-state index is 0. The summed E-state index contributed by atoms with van der Waals surface area (Å²) >= 11 is 1.88. The van der Waals surface area contributed by atoms with Crippen molar-refractivity contribution in [3.05, 3.63) is 30.3 Å². The third-order valence-corrected chi connectivity index (χ3v) is 4.59. The zero-order valence-electron chi connectivity index (χ0n) is 14.7. The van der Waals surface area contributed by atoms with Gasteiger partial charge in [0.25, 0.3) is 0 Å². The van der Waals surface area contributed by atoms with E-state index in [1.165, 1.54) is 4.90 Å². The Kier molecular flexibility index (Phi) is 13.6. The van der Waals surface area contributed by atoms with Crippen molar-refractivity contribution >= 4 is 41.7 Å².